The minimum atomic E-state index is -0.403. The van der Waals surface area contributed by atoms with Crippen molar-refractivity contribution in [2.24, 2.45) is 17.8 Å². The number of carbonyl (C=O) groups excluding carboxylic acids is 2. The SMILES string of the molecule is COC(=O)CCC[C@@H]1C(=O)[C@H]2C[C@@H](O)[C@H](Br)[C@@H]12. The van der Waals surface area contributed by atoms with E-state index in [1.165, 1.54) is 7.11 Å². The van der Waals surface area contributed by atoms with E-state index in [0.29, 0.717) is 19.3 Å². The molecule has 0 unspecified atom stereocenters. The quantitative estimate of drug-likeness (QED) is 0.628. The minimum absolute atomic E-state index is 0.0196. The molecule has 0 radical (unpaired) electrons. The van der Waals surface area contributed by atoms with Gasteiger partial charge in [-0.1, -0.05) is 15.9 Å². The minimum Gasteiger partial charge on any atom is -0.469 e. The zero-order valence-electron chi connectivity index (χ0n) is 9.77. The molecule has 96 valence electrons. The number of rotatable bonds is 4. The van der Waals surface area contributed by atoms with Crippen molar-refractivity contribution in [3.05, 3.63) is 0 Å². The predicted octanol–water partition coefficient (Wildman–Crippen LogP) is 1.29. The average Bonchev–Trinajstić information content (AvgIpc) is 2.58. The van der Waals surface area contributed by atoms with Crippen molar-refractivity contribution in [3.8, 4) is 0 Å². The van der Waals surface area contributed by atoms with Gasteiger partial charge in [0.15, 0.2) is 0 Å². The highest BCUT2D eigenvalue weighted by Crippen LogP contribution is 2.52. The first kappa shape index (κ1) is 13.0. The van der Waals surface area contributed by atoms with E-state index in [2.05, 4.69) is 20.7 Å². The van der Waals surface area contributed by atoms with Crippen LogP contribution in [0.15, 0.2) is 0 Å². The van der Waals surface area contributed by atoms with Gasteiger partial charge >= 0.3 is 5.97 Å². The van der Waals surface area contributed by atoms with Gasteiger partial charge in [-0.25, -0.2) is 0 Å². The Morgan fingerprint density at radius 3 is 2.94 bits per heavy atom. The number of ether oxygens (including phenoxy) is 1. The first-order valence-electron chi connectivity index (χ1n) is 5.99. The van der Waals surface area contributed by atoms with E-state index in [4.69, 9.17) is 0 Å². The Hall–Kier alpha value is -0.420. The average molecular weight is 305 g/mol. The number of Topliss-reactive ketones (excluding diaryl/α,β-unsaturated/α-hetero) is 1. The molecular weight excluding hydrogens is 288 g/mol. The van der Waals surface area contributed by atoms with E-state index in [0.717, 1.165) is 6.42 Å². The molecule has 2 rings (SSSR count). The summed E-state index contributed by atoms with van der Waals surface area (Å²) in [6.07, 6.45) is 1.96. The highest BCUT2D eigenvalue weighted by atomic mass is 79.9. The van der Waals surface area contributed by atoms with Crippen LogP contribution in [0.1, 0.15) is 25.7 Å². The zero-order chi connectivity index (χ0) is 12.6. The fourth-order valence-corrected chi connectivity index (χ4v) is 4.04. The molecule has 17 heavy (non-hydrogen) atoms. The third-order valence-electron chi connectivity index (χ3n) is 4.01. The number of hydrogen-bond donors (Lipinski definition) is 1. The number of aliphatic hydroxyl groups is 1. The highest BCUT2D eigenvalue weighted by molar-refractivity contribution is 9.09. The van der Waals surface area contributed by atoms with Crippen LogP contribution < -0.4 is 0 Å². The number of halogens is 1. The summed E-state index contributed by atoms with van der Waals surface area (Å²) >= 11 is 3.47. The molecule has 0 aliphatic heterocycles. The molecule has 2 aliphatic carbocycles. The summed E-state index contributed by atoms with van der Waals surface area (Å²) in [5.41, 5.74) is 0. The lowest BCUT2D eigenvalue weighted by atomic mass is 9.63. The Morgan fingerprint density at radius 2 is 2.29 bits per heavy atom. The maximum atomic E-state index is 11.8. The van der Waals surface area contributed by atoms with Crippen LogP contribution in [0.3, 0.4) is 0 Å². The van der Waals surface area contributed by atoms with Crippen molar-refractivity contribution >= 4 is 27.7 Å². The lowest BCUT2D eigenvalue weighted by Gasteiger charge is -2.40. The molecule has 0 saturated heterocycles. The molecular formula is C12H17BrO4. The normalized spacial score (nSPS) is 39.7. The third-order valence-corrected chi connectivity index (χ3v) is 5.24. The summed E-state index contributed by atoms with van der Waals surface area (Å²) in [7, 11) is 1.37. The smallest absolute Gasteiger partial charge is 0.305 e. The van der Waals surface area contributed by atoms with Gasteiger partial charge in [0.25, 0.3) is 0 Å². The van der Waals surface area contributed by atoms with Crippen LogP contribution in [-0.4, -0.2) is 34.9 Å². The monoisotopic (exact) mass is 304 g/mol. The fourth-order valence-electron chi connectivity index (χ4n) is 3.08. The molecule has 0 aromatic carbocycles. The number of methoxy groups -OCH3 is 1. The van der Waals surface area contributed by atoms with Gasteiger partial charge in [-0.2, -0.15) is 0 Å². The summed E-state index contributed by atoms with van der Waals surface area (Å²) in [5, 5.41) is 9.69. The molecule has 5 atom stereocenters. The second-order valence-electron chi connectivity index (χ2n) is 4.91. The first-order chi connectivity index (χ1) is 8.06. The molecule has 4 nitrogen and oxygen atoms in total. The van der Waals surface area contributed by atoms with Crippen molar-refractivity contribution in [1.29, 1.82) is 0 Å². The Kier molecular flexibility index (Phi) is 3.88. The largest absolute Gasteiger partial charge is 0.469 e. The van der Waals surface area contributed by atoms with Gasteiger partial charge < -0.3 is 9.84 Å². The number of hydrogen-bond acceptors (Lipinski definition) is 4. The van der Waals surface area contributed by atoms with E-state index in [1.54, 1.807) is 0 Å². The molecule has 0 heterocycles. The van der Waals surface area contributed by atoms with E-state index in [9.17, 15) is 14.7 Å². The fraction of sp³-hybridized carbons (Fsp3) is 0.833. The number of fused-ring (bicyclic) bond motifs is 1. The van der Waals surface area contributed by atoms with E-state index in [-0.39, 0.29) is 34.3 Å². The summed E-state index contributed by atoms with van der Waals surface area (Å²) < 4.78 is 4.56. The highest BCUT2D eigenvalue weighted by Gasteiger charge is 2.58. The van der Waals surface area contributed by atoms with Gasteiger partial charge in [0, 0.05) is 23.1 Å². The van der Waals surface area contributed by atoms with Gasteiger partial charge in [-0.3, -0.25) is 9.59 Å². The predicted molar refractivity (Wildman–Crippen MR) is 64.7 cm³/mol. The van der Waals surface area contributed by atoms with E-state index in [1.807, 2.05) is 0 Å². The van der Waals surface area contributed by atoms with Crippen LogP contribution in [0.25, 0.3) is 0 Å². The Labute approximate surface area is 109 Å². The van der Waals surface area contributed by atoms with Gasteiger partial charge in [0.2, 0.25) is 0 Å². The van der Waals surface area contributed by atoms with Crippen LogP contribution in [-0.2, 0) is 14.3 Å². The molecule has 0 amide bonds. The molecule has 0 aromatic rings. The van der Waals surface area contributed by atoms with Crippen LogP contribution >= 0.6 is 15.9 Å². The summed E-state index contributed by atoms with van der Waals surface area (Å²) in [6, 6.07) is 0. The lowest BCUT2D eigenvalue weighted by Crippen LogP contribution is -2.47. The summed E-state index contributed by atoms with van der Waals surface area (Å²) in [4.78, 5) is 22.8. The molecule has 2 saturated carbocycles. The standard InChI is InChI=1S/C12H17BrO4/c1-17-9(15)4-2-3-6-10-7(12(6)16)5-8(14)11(10)13/h6-8,10-11,14H,2-5H2,1H3/t6-,7-,8+,10-,11-/m0/s1. The number of carbonyl (C=O) groups is 2. The van der Waals surface area contributed by atoms with E-state index < -0.39 is 6.10 Å². The molecule has 0 bridgehead atoms. The van der Waals surface area contributed by atoms with Crippen molar-refractivity contribution in [1.82, 2.24) is 0 Å². The van der Waals surface area contributed by atoms with Crippen molar-refractivity contribution < 1.29 is 19.4 Å². The Morgan fingerprint density at radius 1 is 1.59 bits per heavy atom. The second-order valence-corrected chi connectivity index (χ2v) is 5.97. The lowest BCUT2D eigenvalue weighted by molar-refractivity contribution is -0.143. The number of aliphatic hydroxyl groups excluding tert-OH is 1. The Balaban J connectivity index is 1.83. The molecule has 1 N–H and O–H groups in total. The summed E-state index contributed by atoms with van der Waals surface area (Å²) in [5.74, 6) is 0.356. The van der Waals surface area contributed by atoms with Crippen LogP contribution in [0.2, 0.25) is 0 Å². The maximum absolute atomic E-state index is 11.8. The van der Waals surface area contributed by atoms with Gasteiger partial charge in [0.05, 0.1) is 13.2 Å². The molecule has 2 aliphatic rings. The number of alkyl halides is 1. The van der Waals surface area contributed by atoms with Crippen molar-refractivity contribution in [2.75, 3.05) is 7.11 Å². The second kappa shape index (κ2) is 5.06. The Bertz CT molecular complexity index is 330. The molecule has 0 aromatic heterocycles. The molecule has 0 spiro atoms. The van der Waals surface area contributed by atoms with E-state index >= 15 is 0 Å². The van der Waals surface area contributed by atoms with Crippen LogP contribution in [0.5, 0.6) is 0 Å². The van der Waals surface area contributed by atoms with Crippen LogP contribution in [0, 0.1) is 17.8 Å². The third kappa shape index (κ3) is 2.27. The van der Waals surface area contributed by atoms with Gasteiger partial charge in [0.1, 0.15) is 5.78 Å². The summed E-state index contributed by atoms with van der Waals surface area (Å²) in [6.45, 7) is 0. The van der Waals surface area contributed by atoms with Gasteiger partial charge in [-0.15, -0.1) is 0 Å². The van der Waals surface area contributed by atoms with Gasteiger partial charge in [-0.05, 0) is 25.2 Å². The zero-order valence-corrected chi connectivity index (χ0v) is 11.4. The van der Waals surface area contributed by atoms with Crippen molar-refractivity contribution in [2.45, 2.75) is 36.6 Å². The topological polar surface area (TPSA) is 63.6 Å². The number of esters is 1. The number of ketones is 1. The van der Waals surface area contributed by atoms with Crippen LogP contribution in [0.4, 0.5) is 0 Å². The first-order valence-corrected chi connectivity index (χ1v) is 6.90. The molecule has 2 fully saturated rings. The maximum Gasteiger partial charge on any atom is 0.305 e. The molecule has 5 heteroatoms. The van der Waals surface area contributed by atoms with Crippen molar-refractivity contribution in [3.63, 3.8) is 0 Å².